The van der Waals surface area contributed by atoms with Crippen LogP contribution in [0.4, 0.5) is 5.69 Å². The van der Waals surface area contributed by atoms with Gasteiger partial charge in [0.2, 0.25) is 0 Å². The van der Waals surface area contributed by atoms with E-state index >= 15 is 0 Å². The monoisotopic (exact) mass is 237 g/mol. The summed E-state index contributed by atoms with van der Waals surface area (Å²) in [6.45, 7) is 4.86. The minimum atomic E-state index is 0.453. The summed E-state index contributed by atoms with van der Waals surface area (Å²) in [5.74, 6) is 0. The molecule has 0 radical (unpaired) electrons. The second kappa shape index (κ2) is 5.33. The first kappa shape index (κ1) is 12.1. The molecule has 3 heteroatoms. The van der Waals surface area contributed by atoms with Gasteiger partial charge in [-0.3, -0.25) is 0 Å². The maximum Gasteiger partial charge on any atom is 0.140 e. The molecule has 0 atom stereocenters. The van der Waals surface area contributed by atoms with E-state index in [0.717, 1.165) is 11.3 Å². The summed E-state index contributed by atoms with van der Waals surface area (Å²) >= 11 is 0. The Kier molecular flexibility index (Phi) is 3.59. The normalized spacial score (nSPS) is 9.83. The fourth-order valence-electron chi connectivity index (χ4n) is 1.93. The molecule has 18 heavy (non-hydrogen) atoms. The molecule has 0 fully saturated rings. The van der Waals surface area contributed by atoms with Crippen LogP contribution in [0, 0.1) is 25.2 Å². The molecule has 0 aliphatic heterocycles. The van der Waals surface area contributed by atoms with Crippen molar-refractivity contribution in [3.05, 3.63) is 58.9 Å². The van der Waals surface area contributed by atoms with Gasteiger partial charge in [-0.2, -0.15) is 5.26 Å². The number of nitriles is 1. The third-order valence-corrected chi connectivity index (χ3v) is 2.66. The van der Waals surface area contributed by atoms with Gasteiger partial charge in [-0.05, 0) is 54.8 Å². The second-order valence-corrected chi connectivity index (χ2v) is 4.39. The molecule has 2 rings (SSSR count). The summed E-state index contributed by atoms with van der Waals surface area (Å²) < 4.78 is 0. The highest BCUT2D eigenvalue weighted by molar-refractivity contribution is 5.48. The third-order valence-electron chi connectivity index (χ3n) is 2.66. The minimum absolute atomic E-state index is 0.453. The van der Waals surface area contributed by atoms with Crippen LogP contribution in [-0.2, 0) is 6.54 Å². The number of pyridine rings is 1. The zero-order valence-corrected chi connectivity index (χ0v) is 10.6. The fourth-order valence-corrected chi connectivity index (χ4v) is 1.93. The van der Waals surface area contributed by atoms with Crippen LogP contribution in [0.25, 0.3) is 0 Å². The van der Waals surface area contributed by atoms with E-state index in [4.69, 9.17) is 5.26 Å². The maximum atomic E-state index is 8.79. The number of benzene rings is 1. The summed E-state index contributed by atoms with van der Waals surface area (Å²) in [6, 6.07) is 12.1. The summed E-state index contributed by atoms with van der Waals surface area (Å²) in [5.41, 5.74) is 5.09. The average molecular weight is 237 g/mol. The summed E-state index contributed by atoms with van der Waals surface area (Å²) in [6.07, 6.45) is 1.66. The smallest absolute Gasteiger partial charge is 0.140 e. The molecule has 0 unspecified atom stereocenters. The molecule has 1 aromatic carbocycles. The van der Waals surface area contributed by atoms with Gasteiger partial charge in [-0.15, -0.1) is 0 Å². The summed E-state index contributed by atoms with van der Waals surface area (Å²) in [7, 11) is 0. The van der Waals surface area contributed by atoms with Crippen LogP contribution in [0.1, 0.15) is 22.4 Å². The fraction of sp³-hybridized carbons (Fsp3) is 0.200. The van der Waals surface area contributed by atoms with Crippen LogP contribution in [-0.4, -0.2) is 4.98 Å². The van der Waals surface area contributed by atoms with Crippen molar-refractivity contribution in [3.8, 4) is 6.07 Å². The van der Waals surface area contributed by atoms with Crippen LogP contribution in [0.3, 0.4) is 0 Å². The van der Waals surface area contributed by atoms with Crippen molar-refractivity contribution < 1.29 is 0 Å². The van der Waals surface area contributed by atoms with Crippen LogP contribution in [0.15, 0.2) is 36.5 Å². The number of rotatable bonds is 3. The van der Waals surface area contributed by atoms with Crippen molar-refractivity contribution in [3.63, 3.8) is 0 Å². The lowest BCUT2D eigenvalue weighted by Gasteiger charge is -2.08. The van der Waals surface area contributed by atoms with E-state index < -0.39 is 0 Å². The van der Waals surface area contributed by atoms with Crippen molar-refractivity contribution in [1.29, 1.82) is 5.26 Å². The molecule has 1 aromatic heterocycles. The molecule has 1 heterocycles. The van der Waals surface area contributed by atoms with Crippen molar-refractivity contribution in [2.75, 3.05) is 5.32 Å². The molecule has 0 amide bonds. The first-order valence-corrected chi connectivity index (χ1v) is 5.84. The van der Waals surface area contributed by atoms with Gasteiger partial charge < -0.3 is 5.32 Å². The molecule has 0 bridgehead atoms. The lowest BCUT2D eigenvalue weighted by molar-refractivity contribution is 1.11. The molecule has 0 saturated heterocycles. The lowest BCUT2D eigenvalue weighted by atomic mass is 10.1. The molecule has 90 valence electrons. The van der Waals surface area contributed by atoms with E-state index in [1.54, 1.807) is 12.3 Å². The van der Waals surface area contributed by atoms with E-state index in [1.165, 1.54) is 11.1 Å². The highest BCUT2D eigenvalue weighted by Gasteiger charge is 1.98. The Bertz CT molecular complexity index is 577. The topological polar surface area (TPSA) is 48.7 Å². The Balaban J connectivity index is 2.09. The van der Waals surface area contributed by atoms with Crippen LogP contribution in [0.5, 0.6) is 0 Å². The molecule has 3 nitrogen and oxygen atoms in total. The molecule has 0 aliphatic carbocycles. The number of nitrogens with zero attached hydrogens (tertiary/aromatic N) is 2. The van der Waals surface area contributed by atoms with Crippen LogP contribution < -0.4 is 5.32 Å². The Morgan fingerprint density at radius 3 is 2.56 bits per heavy atom. The van der Waals surface area contributed by atoms with Gasteiger partial charge in [0.25, 0.3) is 0 Å². The molecule has 0 spiro atoms. The van der Waals surface area contributed by atoms with Gasteiger partial charge in [0.15, 0.2) is 0 Å². The summed E-state index contributed by atoms with van der Waals surface area (Å²) in [5, 5.41) is 12.1. The minimum Gasteiger partial charge on any atom is -0.381 e. The molecular weight excluding hydrogens is 222 g/mol. The van der Waals surface area contributed by atoms with Gasteiger partial charge >= 0.3 is 0 Å². The first-order chi connectivity index (χ1) is 8.67. The molecule has 1 N–H and O–H groups in total. The van der Waals surface area contributed by atoms with Gasteiger partial charge in [0.1, 0.15) is 11.8 Å². The van der Waals surface area contributed by atoms with E-state index in [2.05, 4.69) is 42.3 Å². The Morgan fingerprint density at radius 2 is 1.89 bits per heavy atom. The Hall–Kier alpha value is -2.34. The van der Waals surface area contributed by atoms with Gasteiger partial charge in [0.05, 0.1) is 0 Å². The number of nitrogens with one attached hydrogen (secondary N) is 1. The third kappa shape index (κ3) is 3.08. The highest BCUT2D eigenvalue weighted by Crippen LogP contribution is 2.14. The van der Waals surface area contributed by atoms with Crippen LogP contribution in [0.2, 0.25) is 0 Å². The first-order valence-electron chi connectivity index (χ1n) is 5.84. The number of aromatic nitrogens is 1. The van der Waals surface area contributed by atoms with E-state index in [0.29, 0.717) is 12.2 Å². The van der Waals surface area contributed by atoms with Crippen LogP contribution >= 0.6 is 0 Å². The predicted molar refractivity (Wildman–Crippen MR) is 72.2 cm³/mol. The molecular formula is C15H15N3. The van der Waals surface area contributed by atoms with Gasteiger partial charge in [-0.25, -0.2) is 4.98 Å². The average Bonchev–Trinajstić information content (AvgIpc) is 2.35. The quantitative estimate of drug-likeness (QED) is 0.891. The highest BCUT2D eigenvalue weighted by atomic mass is 14.9. The van der Waals surface area contributed by atoms with Crippen molar-refractivity contribution in [2.45, 2.75) is 20.4 Å². The number of aryl methyl sites for hydroxylation is 2. The van der Waals surface area contributed by atoms with Crippen molar-refractivity contribution in [2.24, 2.45) is 0 Å². The second-order valence-electron chi connectivity index (χ2n) is 4.39. The van der Waals surface area contributed by atoms with Crippen molar-refractivity contribution >= 4 is 5.69 Å². The summed E-state index contributed by atoms with van der Waals surface area (Å²) in [4.78, 5) is 3.95. The van der Waals surface area contributed by atoms with E-state index in [9.17, 15) is 0 Å². The van der Waals surface area contributed by atoms with E-state index in [-0.39, 0.29) is 0 Å². The molecule has 0 saturated carbocycles. The van der Waals surface area contributed by atoms with Crippen molar-refractivity contribution in [1.82, 2.24) is 4.98 Å². The predicted octanol–water partition coefficient (Wildman–Crippen LogP) is 3.18. The van der Waals surface area contributed by atoms with Gasteiger partial charge in [0, 0.05) is 18.4 Å². The SMILES string of the molecule is Cc1cc(C)cc(NCc2ccnc(C#N)c2)c1. The number of hydrogen-bond acceptors (Lipinski definition) is 3. The standard InChI is InChI=1S/C15H15N3/c1-11-5-12(2)7-14(6-11)18-10-13-3-4-17-15(8-13)9-16/h3-8,18H,10H2,1-2H3. The number of anilines is 1. The lowest BCUT2D eigenvalue weighted by Crippen LogP contribution is -2.00. The Labute approximate surface area is 107 Å². The van der Waals surface area contributed by atoms with Gasteiger partial charge in [-0.1, -0.05) is 6.07 Å². The van der Waals surface area contributed by atoms with E-state index in [1.807, 2.05) is 12.1 Å². The largest absolute Gasteiger partial charge is 0.381 e. The maximum absolute atomic E-state index is 8.79. The zero-order valence-electron chi connectivity index (χ0n) is 10.6. The zero-order chi connectivity index (χ0) is 13.0. The molecule has 2 aromatic rings. The molecule has 0 aliphatic rings. The Morgan fingerprint density at radius 1 is 1.17 bits per heavy atom. The number of hydrogen-bond donors (Lipinski definition) is 1.